The summed E-state index contributed by atoms with van der Waals surface area (Å²) >= 11 is 0. The monoisotopic (exact) mass is 322 g/mol. The van der Waals surface area contributed by atoms with Crippen LogP contribution in [0.15, 0.2) is 0 Å². The van der Waals surface area contributed by atoms with E-state index in [1.54, 1.807) is 0 Å². The van der Waals surface area contributed by atoms with Crippen LogP contribution < -0.4 is 0 Å². The predicted octanol–water partition coefficient (Wildman–Crippen LogP) is 0.154. The Bertz CT molecular complexity index is 105. The molecule has 0 unspecified atom stereocenters. The molecule has 1 fully saturated rings. The van der Waals surface area contributed by atoms with Crippen LogP contribution in [0.1, 0.15) is 0 Å². The summed E-state index contributed by atoms with van der Waals surface area (Å²) in [6.45, 7) is 0. The quantitative estimate of drug-likeness (QED) is 0.511. The summed E-state index contributed by atoms with van der Waals surface area (Å²) < 4.78 is 33.4. The predicted molar refractivity (Wildman–Crippen MR) is 13.2 cm³/mol. The van der Waals surface area contributed by atoms with E-state index in [1.807, 2.05) is 0 Å². The molecule has 0 atom stereocenters. The zero-order valence-electron chi connectivity index (χ0n) is 3.75. The minimum Gasteiger partial charge on any atom is -0.332 e. The minimum absolute atomic E-state index is 0. The maximum atomic E-state index is 11.1. The van der Waals surface area contributed by atoms with Crippen molar-refractivity contribution in [2.45, 2.75) is 12.1 Å². The van der Waals surface area contributed by atoms with E-state index in [4.69, 9.17) is 5.11 Å². The Kier molecular flexibility index (Phi) is 2.24. The molecule has 1 N–H and O–H groups in total. The van der Waals surface area contributed by atoms with E-state index in [-0.39, 0.29) is 19.8 Å². The molecule has 0 aromatic rings. The molecule has 0 amide bonds. The van der Waals surface area contributed by atoms with Crippen LogP contribution in [0, 0.1) is 0 Å². The minimum atomic E-state index is -4.84. The summed E-state index contributed by atoms with van der Waals surface area (Å²) in [6.07, 6.45) is -4.84. The van der Waals surface area contributed by atoms with Gasteiger partial charge in [0, 0.05) is 19.8 Å². The Morgan fingerprint density at radius 3 is 1.56 bits per heavy atom. The summed E-state index contributed by atoms with van der Waals surface area (Å²) in [5, 5.41) is 7.90. The van der Waals surface area contributed by atoms with E-state index in [0.717, 1.165) is 0 Å². The molecule has 0 aromatic carbocycles. The third-order valence-corrected chi connectivity index (χ3v) is 0.599. The Labute approximate surface area is 60.7 Å². The average molecular weight is 320 g/mol. The molecular formula is C2HF3O3Os. The van der Waals surface area contributed by atoms with Gasteiger partial charge in [0.15, 0.2) is 0 Å². The number of hydrogen-bond donors (Lipinski definition) is 1. The molecule has 0 spiro atoms. The van der Waals surface area contributed by atoms with Crippen LogP contribution in [-0.2, 0) is 29.6 Å². The maximum Gasteiger partial charge on any atom is 0.478 e. The smallest absolute Gasteiger partial charge is 0.332 e. The van der Waals surface area contributed by atoms with Crippen molar-refractivity contribution in [3.05, 3.63) is 0 Å². The SMILES string of the molecule is OC1(C(F)(F)F)OO1.[Os]. The molecule has 1 saturated heterocycles. The topological polar surface area (TPSA) is 45.3 Å². The molecule has 0 aliphatic carbocycles. The molecule has 0 bridgehead atoms. The van der Waals surface area contributed by atoms with Crippen molar-refractivity contribution in [1.29, 1.82) is 0 Å². The first-order valence-corrected chi connectivity index (χ1v) is 1.62. The molecule has 1 aliphatic rings. The molecule has 9 heavy (non-hydrogen) atoms. The van der Waals surface area contributed by atoms with Crippen molar-refractivity contribution in [2.24, 2.45) is 0 Å². The van der Waals surface area contributed by atoms with Crippen LogP contribution in [0.2, 0.25) is 0 Å². The molecule has 0 saturated carbocycles. The molecule has 7 heteroatoms. The van der Waals surface area contributed by atoms with Crippen molar-refractivity contribution < 1.29 is 47.8 Å². The fraction of sp³-hybridized carbons (Fsp3) is 1.00. The molecular weight excluding hydrogens is 319 g/mol. The Balaban J connectivity index is 0.000000640. The summed E-state index contributed by atoms with van der Waals surface area (Å²) in [5.74, 6) is -3.31. The molecule has 1 rings (SSSR count). The van der Waals surface area contributed by atoms with Gasteiger partial charge < -0.3 is 5.11 Å². The van der Waals surface area contributed by atoms with Crippen molar-refractivity contribution >= 4 is 0 Å². The second-order valence-corrected chi connectivity index (χ2v) is 1.25. The van der Waals surface area contributed by atoms with Crippen molar-refractivity contribution in [1.82, 2.24) is 0 Å². The zero-order chi connectivity index (χ0) is 6.41. The van der Waals surface area contributed by atoms with Crippen molar-refractivity contribution in [2.75, 3.05) is 0 Å². The summed E-state index contributed by atoms with van der Waals surface area (Å²) in [6, 6.07) is 0. The maximum absolute atomic E-state index is 11.1. The van der Waals surface area contributed by atoms with E-state index in [9.17, 15) is 13.2 Å². The van der Waals surface area contributed by atoms with Crippen LogP contribution in [0.4, 0.5) is 13.2 Å². The number of hydrogen-bond acceptors (Lipinski definition) is 3. The van der Waals surface area contributed by atoms with Gasteiger partial charge in [0.2, 0.25) is 0 Å². The second kappa shape index (κ2) is 2.17. The number of rotatable bonds is 0. The molecule has 56 valence electrons. The van der Waals surface area contributed by atoms with Gasteiger partial charge in [-0.3, -0.25) is 0 Å². The van der Waals surface area contributed by atoms with Gasteiger partial charge in [0.05, 0.1) is 0 Å². The zero-order valence-corrected chi connectivity index (χ0v) is 6.29. The van der Waals surface area contributed by atoms with Gasteiger partial charge in [-0.2, -0.15) is 22.9 Å². The van der Waals surface area contributed by atoms with E-state index >= 15 is 0 Å². The van der Waals surface area contributed by atoms with E-state index < -0.39 is 12.1 Å². The van der Waals surface area contributed by atoms with Gasteiger partial charge >= 0.3 is 12.1 Å². The van der Waals surface area contributed by atoms with Crippen molar-refractivity contribution in [3.8, 4) is 0 Å². The largest absolute Gasteiger partial charge is 0.478 e. The molecule has 0 radical (unpaired) electrons. The van der Waals surface area contributed by atoms with E-state index in [2.05, 4.69) is 9.78 Å². The molecule has 1 aliphatic heterocycles. The molecule has 0 aromatic heterocycles. The van der Waals surface area contributed by atoms with Gasteiger partial charge in [-0.15, -0.1) is 0 Å². The Morgan fingerprint density at radius 2 is 1.56 bits per heavy atom. The van der Waals surface area contributed by atoms with Gasteiger partial charge in [-0.05, 0) is 0 Å². The first-order valence-electron chi connectivity index (χ1n) is 1.62. The van der Waals surface area contributed by atoms with E-state index in [1.165, 1.54) is 0 Å². The second-order valence-electron chi connectivity index (χ2n) is 1.25. The number of halogens is 3. The van der Waals surface area contributed by atoms with Crippen LogP contribution in [0.3, 0.4) is 0 Å². The molecule has 1 heterocycles. The van der Waals surface area contributed by atoms with Gasteiger partial charge in [-0.1, -0.05) is 0 Å². The third-order valence-electron chi connectivity index (χ3n) is 0.599. The van der Waals surface area contributed by atoms with Gasteiger partial charge in [-0.25, -0.2) is 0 Å². The van der Waals surface area contributed by atoms with Crippen LogP contribution in [-0.4, -0.2) is 17.3 Å². The van der Waals surface area contributed by atoms with Crippen LogP contribution in [0.5, 0.6) is 0 Å². The Hall–Kier alpha value is 0.306. The first-order chi connectivity index (χ1) is 3.46. The summed E-state index contributed by atoms with van der Waals surface area (Å²) in [5.41, 5.74) is 0. The van der Waals surface area contributed by atoms with Crippen molar-refractivity contribution in [3.63, 3.8) is 0 Å². The van der Waals surface area contributed by atoms with Gasteiger partial charge in [0.25, 0.3) is 0 Å². The first kappa shape index (κ1) is 9.31. The fourth-order valence-corrected chi connectivity index (χ4v) is 0.134. The molecule has 3 nitrogen and oxygen atoms in total. The Morgan fingerprint density at radius 1 is 1.22 bits per heavy atom. The van der Waals surface area contributed by atoms with Gasteiger partial charge in [0.1, 0.15) is 0 Å². The van der Waals surface area contributed by atoms with Crippen LogP contribution in [0.25, 0.3) is 0 Å². The third kappa shape index (κ3) is 1.61. The van der Waals surface area contributed by atoms with E-state index in [0.29, 0.717) is 0 Å². The summed E-state index contributed by atoms with van der Waals surface area (Å²) in [7, 11) is 0. The number of alkyl halides is 3. The fourth-order valence-electron chi connectivity index (χ4n) is 0.134. The van der Waals surface area contributed by atoms with Crippen LogP contribution >= 0.6 is 0 Å². The average Bonchev–Trinajstić information content (AvgIpc) is 2.16. The summed E-state index contributed by atoms with van der Waals surface area (Å²) in [4.78, 5) is 6.38. The number of aliphatic hydroxyl groups is 1. The normalized spacial score (nSPS) is 22.7. The standard InChI is InChI=1S/C2HF3O3.Os/c3-1(4,5)2(6)7-8-2;/h6H;.